The van der Waals surface area contributed by atoms with E-state index in [-0.39, 0.29) is 36.5 Å². The first-order chi connectivity index (χ1) is 24.5. The maximum atomic E-state index is 13.1. The first-order valence-corrected chi connectivity index (χ1v) is 22.2. The molecule has 1 saturated heterocycles. The Bertz CT molecular complexity index is 1790. The van der Waals surface area contributed by atoms with Gasteiger partial charge in [0.2, 0.25) is 5.91 Å². The number of benzene rings is 1. The standard InChI is InChI=1S/C38H53N7O5Si/c1-27-24-48-16-15-43(27)33-19-32(31-22-40-45(37(31)41-33)34-13-14-39-44(34)26-49-17-18-51(3,4)5)38(47)20-29-11-12-30(21-38)36(29)50-25-35(46)42(2)23-28-9-7-6-8-10-28/h6-10,13-14,19,22,27,29-30,36,47H,11-12,15-18,20-21,23-26H2,1-5H3/t27-,29?,30?,36?,38?/m1/s1. The fraction of sp³-hybridized carbons (Fsp3) is 0.579. The van der Waals surface area contributed by atoms with Crippen molar-refractivity contribution in [1.29, 1.82) is 0 Å². The van der Waals surface area contributed by atoms with Gasteiger partial charge in [-0.1, -0.05) is 50.0 Å². The minimum absolute atomic E-state index is 0.0349. The zero-order valence-electron chi connectivity index (χ0n) is 30.7. The maximum absolute atomic E-state index is 13.1. The van der Waals surface area contributed by atoms with Gasteiger partial charge in [-0.3, -0.25) is 4.79 Å². The van der Waals surface area contributed by atoms with Crippen molar-refractivity contribution in [2.75, 3.05) is 44.9 Å². The summed E-state index contributed by atoms with van der Waals surface area (Å²) in [6, 6.07) is 15.2. The van der Waals surface area contributed by atoms with Crippen LogP contribution in [0.25, 0.3) is 16.9 Å². The highest BCUT2D eigenvalue weighted by Gasteiger charge is 2.51. The van der Waals surface area contributed by atoms with Crippen molar-refractivity contribution in [1.82, 2.24) is 29.4 Å². The molecular weight excluding hydrogens is 663 g/mol. The predicted octanol–water partition coefficient (Wildman–Crippen LogP) is 5.21. The lowest BCUT2D eigenvalue weighted by atomic mass is 9.72. The van der Waals surface area contributed by atoms with Gasteiger partial charge in [0.25, 0.3) is 0 Å². The maximum Gasteiger partial charge on any atom is 0.248 e. The average Bonchev–Trinajstić information content (AvgIpc) is 3.81. The minimum Gasteiger partial charge on any atom is -0.385 e. The van der Waals surface area contributed by atoms with Gasteiger partial charge in [-0.05, 0) is 67.7 Å². The van der Waals surface area contributed by atoms with Crippen molar-refractivity contribution in [3.8, 4) is 5.82 Å². The van der Waals surface area contributed by atoms with Crippen LogP contribution in [0.2, 0.25) is 25.7 Å². The summed E-state index contributed by atoms with van der Waals surface area (Å²) in [4.78, 5) is 22.3. The highest BCUT2D eigenvalue weighted by Crippen LogP contribution is 2.53. The molecule has 2 aliphatic carbocycles. The summed E-state index contributed by atoms with van der Waals surface area (Å²) >= 11 is 0. The Labute approximate surface area is 301 Å². The van der Waals surface area contributed by atoms with Crippen molar-refractivity contribution in [3.05, 3.63) is 66.0 Å². The number of morpholine rings is 1. The number of pyridine rings is 1. The van der Waals surface area contributed by atoms with Gasteiger partial charge in [0.05, 0.1) is 43.4 Å². The van der Waals surface area contributed by atoms with Crippen LogP contribution in [-0.4, -0.2) is 101 Å². The zero-order valence-corrected chi connectivity index (χ0v) is 31.7. The van der Waals surface area contributed by atoms with E-state index in [2.05, 4.69) is 42.6 Å². The second-order valence-electron chi connectivity index (χ2n) is 16.0. The molecule has 3 atom stereocenters. The van der Waals surface area contributed by atoms with Gasteiger partial charge >= 0.3 is 0 Å². The van der Waals surface area contributed by atoms with E-state index < -0.39 is 13.7 Å². The number of fused-ring (bicyclic) bond motifs is 3. The van der Waals surface area contributed by atoms with E-state index in [0.29, 0.717) is 58.1 Å². The van der Waals surface area contributed by atoms with Crippen LogP contribution in [0.5, 0.6) is 0 Å². The van der Waals surface area contributed by atoms with Crippen molar-refractivity contribution >= 4 is 30.8 Å². The Morgan fingerprint density at radius 1 is 1.12 bits per heavy atom. The first-order valence-electron chi connectivity index (χ1n) is 18.4. The molecule has 4 aromatic rings. The van der Waals surface area contributed by atoms with E-state index in [4.69, 9.17) is 24.3 Å². The molecule has 3 aliphatic rings. The number of anilines is 1. The molecule has 1 aliphatic heterocycles. The van der Waals surface area contributed by atoms with Gasteiger partial charge < -0.3 is 29.1 Å². The van der Waals surface area contributed by atoms with E-state index in [1.54, 1.807) is 11.1 Å². The molecule has 0 spiro atoms. The Morgan fingerprint density at radius 2 is 1.88 bits per heavy atom. The molecule has 2 saturated carbocycles. The number of hydrogen-bond acceptors (Lipinski definition) is 9. The smallest absolute Gasteiger partial charge is 0.248 e. The summed E-state index contributed by atoms with van der Waals surface area (Å²) in [6.07, 6.45) is 6.55. The molecule has 0 radical (unpaired) electrons. The van der Waals surface area contributed by atoms with E-state index >= 15 is 0 Å². The molecule has 51 heavy (non-hydrogen) atoms. The number of aliphatic hydroxyl groups is 1. The predicted molar refractivity (Wildman–Crippen MR) is 198 cm³/mol. The Balaban J connectivity index is 1.14. The van der Waals surface area contributed by atoms with Crippen LogP contribution in [0, 0.1) is 11.8 Å². The molecule has 12 nitrogen and oxygen atoms in total. The third kappa shape index (κ3) is 7.78. The number of aromatic nitrogens is 5. The van der Waals surface area contributed by atoms with Gasteiger partial charge in [0.15, 0.2) is 11.5 Å². The summed E-state index contributed by atoms with van der Waals surface area (Å²) in [5, 5.41) is 22.9. The van der Waals surface area contributed by atoms with Crippen LogP contribution < -0.4 is 4.90 Å². The summed E-state index contributed by atoms with van der Waals surface area (Å²) in [5.74, 6) is 1.81. The van der Waals surface area contributed by atoms with E-state index in [1.807, 2.05) is 59.0 Å². The SMILES string of the molecule is C[C@@H]1COCCN1c1cc(C2(O)CC3CCC(C2)C3OCC(=O)N(C)Cc2ccccc2)c2cnn(-c3ccnn3COCC[Si](C)(C)C)c2n1. The summed E-state index contributed by atoms with van der Waals surface area (Å²) in [6.45, 7) is 12.7. The van der Waals surface area contributed by atoms with Crippen LogP contribution in [0.4, 0.5) is 5.82 Å². The van der Waals surface area contributed by atoms with Crippen LogP contribution in [0.3, 0.4) is 0 Å². The molecule has 274 valence electrons. The molecular formula is C38H53N7O5Si. The van der Waals surface area contributed by atoms with Crippen molar-refractivity contribution < 1.29 is 24.1 Å². The van der Waals surface area contributed by atoms with E-state index in [9.17, 15) is 9.90 Å². The lowest BCUT2D eigenvalue weighted by Gasteiger charge is -2.42. The summed E-state index contributed by atoms with van der Waals surface area (Å²) in [5.41, 5.74) is 1.51. The second-order valence-corrected chi connectivity index (χ2v) is 21.6. The first kappa shape index (κ1) is 35.8. The topological polar surface area (TPSA) is 120 Å². The van der Waals surface area contributed by atoms with Crippen LogP contribution in [0.15, 0.2) is 54.9 Å². The number of likely N-dealkylation sites (N-methyl/N-ethyl adjacent to an activating group) is 1. The third-order valence-corrected chi connectivity index (χ3v) is 12.6. The Hall–Kier alpha value is -3.62. The molecule has 2 unspecified atom stereocenters. The van der Waals surface area contributed by atoms with Gasteiger partial charge in [0.1, 0.15) is 19.2 Å². The minimum atomic E-state index is -1.22. The van der Waals surface area contributed by atoms with Gasteiger partial charge in [-0.25, -0.2) is 9.67 Å². The molecule has 3 fully saturated rings. The fourth-order valence-electron chi connectivity index (χ4n) is 8.13. The number of amides is 1. The second kappa shape index (κ2) is 14.8. The molecule has 3 aromatic heterocycles. The summed E-state index contributed by atoms with van der Waals surface area (Å²) < 4.78 is 21.9. The normalized spacial score (nSPS) is 25.1. The molecule has 1 amide bonds. The monoisotopic (exact) mass is 715 g/mol. The number of rotatable bonds is 13. The number of hydrogen-bond donors (Lipinski definition) is 1. The lowest BCUT2D eigenvalue weighted by Crippen LogP contribution is -2.45. The molecule has 1 aromatic carbocycles. The molecule has 13 heteroatoms. The average molecular weight is 716 g/mol. The van der Waals surface area contributed by atoms with Gasteiger partial charge in [-0.15, -0.1) is 0 Å². The van der Waals surface area contributed by atoms with E-state index in [0.717, 1.165) is 47.0 Å². The number of carbonyl (C=O) groups excluding carboxylic acids is 1. The number of ether oxygens (including phenoxy) is 3. The Kier molecular flexibility index (Phi) is 10.4. The van der Waals surface area contributed by atoms with Crippen molar-refractivity contribution in [2.24, 2.45) is 11.8 Å². The quantitative estimate of drug-likeness (QED) is 0.147. The van der Waals surface area contributed by atoms with Crippen molar-refractivity contribution in [3.63, 3.8) is 0 Å². The number of carbonyl (C=O) groups is 1. The third-order valence-electron chi connectivity index (χ3n) is 10.9. The molecule has 2 bridgehead atoms. The Morgan fingerprint density at radius 3 is 2.61 bits per heavy atom. The zero-order chi connectivity index (χ0) is 35.8. The molecule has 1 N–H and O–H groups in total. The van der Waals surface area contributed by atoms with Gasteiger partial charge in [-0.2, -0.15) is 14.9 Å². The molecule has 4 heterocycles. The van der Waals surface area contributed by atoms with Crippen molar-refractivity contribution in [2.45, 2.75) is 89.3 Å². The molecule has 7 rings (SSSR count). The van der Waals surface area contributed by atoms with Crippen LogP contribution in [-0.2, 0) is 37.9 Å². The van der Waals surface area contributed by atoms with E-state index in [1.165, 1.54) is 0 Å². The highest BCUT2D eigenvalue weighted by molar-refractivity contribution is 6.76. The number of nitrogens with zero attached hydrogens (tertiary/aromatic N) is 7. The highest BCUT2D eigenvalue weighted by atomic mass is 28.3. The van der Waals surface area contributed by atoms with Crippen LogP contribution >= 0.6 is 0 Å². The largest absolute Gasteiger partial charge is 0.385 e. The fourth-order valence-corrected chi connectivity index (χ4v) is 8.89. The van der Waals surface area contributed by atoms with Crippen LogP contribution in [0.1, 0.15) is 43.7 Å². The van der Waals surface area contributed by atoms with Gasteiger partial charge in [0, 0.05) is 46.3 Å². The summed E-state index contributed by atoms with van der Waals surface area (Å²) in [7, 11) is 0.599. The lowest BCUT2D eigenvalue weighted by molar-refractivity contribution is -0.144.